The number of rotatable bonds is 8. The molecule has 1 fully saturated rings. The zero-order chi connectivity index (χ0) is 14.6. The van der Waals surface area contributed by atoms with Crippen LogP contribution >= 0.6 is 0 Å². The third-order valence-corrected chi connectivity index (χ3v) is 4.70. The first kappa shape index (κ1) is 15.6. The topological polar surface area (TPSA) is 12.0 Å². The van der Waals surface area contributed by atoms with Gasteiger partial charge in [-0.25, -0.2) is 0 Å². The molecule has 0 bridgehead atoms. The summed E-state index contributed by atoms with van der Waals surface area (Å²) in [7, 11) is 0. The fourth-order valence-electron chi connectivity index (χ4n) is 2.53. The number of nitrogens with one attached hydrogen (secondary N) is 1. The summed E-state index contributed by atoms with van der Waals surface area (Å²) in [6.07, 6.45) is 6.44. The van der Waals surface area contributed by atoms with Crippen LogP contribution < -0.4 is 5.32 Å². The Hall–Kier alpha value is -0.820. The zero-order valence-corrected chi connectivity index (χ0v) is 13.7. The van der Waals surface area contributed by atoms with Gasteiger partial charge in [-0.3, -0.25) is 0 Å². The Morgan fingerprint density at radius 1 is 1.20 bits per heavy atom. The lowest BCUT2D eigenvalue weighted by Gasteiger charge is -2.25. The van der Waals surface area contributed by atoms with Gasteiger partial charge in [-0.15, -0.1) is 0 Å². The maximum absolute atomic E-state index is 3.66. The fourth-order valence-corrected chi connectivity index (χ4v) is 2.53. The molecule has 20 heavy (non-hydrogen) atoms. The van der Waals surface area contributed by atoms with E-state index in [1.807, 2.05) is 0 Å². The van der Waals surface area contributed by atoms with E-state index in [-0.39, 0.29) is 0 Å². The van der Waals surface area contributed by atoms with E-state index in [2.05, 4.69) is 57.3 Å². The molecule has 1 nitrogen and oxygen atoms in total. The van der Waals surface area contributed by atoms with Gasteiger partial charge in [0.15, 0.2) is 0 Å². The molecule has 1 unspecified atom stereocenters. The van der Waals surface area contributed by atoms with Crippen molar-refractivity contribution in [2.45, 2.75) is 71.8 Å². The number of hydrogen-bond acceptors (Lipinski definition) is 1. The maximum Gasteiger partial charge on any atom is 0.00684 e. The summed E-state index contributed by atoms with van der Waals surface area (Å²) in [5, 5.41) is 3.66. The van der Waals surface area contributed by atoms with Gasteiger partial charge in [0.05, 0.1) is 0 Å². The Morgan fingerprint density at radius 2 is 1.85 bits per heavy atom. The molecule has 0 spiro atoms. The Balaban J connectivity index is 1.80. The van der Waals surface area contributed by atoms with E-state index in [0.29, 0.717) is 11.3 Å². The highest BCUT2D eigenvalue weighted by Crippen LogP contribution is 2.26. The first-order chi connectivity index (χ1) is 9.50. The largest absolute Gasteiger partial charge is 0.313 e. The van der Waals surface area contributed by atoms with Crippen LogP contribution in [0.2, 0.25) is 0 Å². The maximum atomic E-state index is 3.66. The zero-order valence-electron chi connectivity index (χ0n) is 13.7. The summed E-state index contributed by atoms with van der Waals surface area (Å²) in [5.74, 6) is 0.684. The number of hydrogen-bond donors (Lipinski definition) is 1. The van der Waals surface area contributed by atoms with E-state index >= 15 is 0 Å². The molecule has 0 radical (unpaired) electrons. The van der Waals surface area contributed by atoms with Crippen molar-refractivity contribution < 1.29 is 0 Å². The molecule has 1 heteroatoms. The monoisotopic (exact) mass is 273 g/mol. The van der Waals surface area contributed by atoms with E-state index in [1.54, 1.807) is 0 Å². The molecule has 0 aliphatic heterocycles. The molecule has 1 aromatic rings. The number of benzene rings is 1. The highest BCUT2D eigenvalue weighted by atomic mass is 15.0. The van der Waals surface area contributed by atoms with Gasteiger partial charge in [-0.2, -0.15) is 0 Å². The van der Waals surface area contributed by atoms with Gasteiger partial charge in [0.2, 0.25) is 0 Å². The Kier molecular flexibility index (Phi) is 5.26. The summed E-state index contributed by atoms with van der Waals surface area (Å²) in [6.45, 7) is 10.5. The van der Waals surface area contributed by atoms with Crippen LogP contribution in [0.25, 0.3) is 0 Å². The minimum atomic E-state index is 0.401. The summed E-state index contributed by atoms with van der Waals surface area (Å²) in [5.41, 5.74) is 3.36. The lowest BCUT2D eigenvalue weighted by molar-refractivity contribution is 0.313. The lowest BCUT2D eigenvalue weighted by Crippen LogP contribution is -2.31. The molecule has 1 aliphatic carbocycles. The SMILES string of the molecule is CCC(C)c1ccc(CCC(C)(C)CNC2CC2)cc1. The standard InChI is InChI=1S/C19H31N/c1-5-15(2)17-8-6-16(7-9-17)12-13-19(3,4)14-20-18-10-11-18/h6-9,15,18,20H,5,10-14H2,1-4H3. The van der Waals surface area contributed by atoms with Crippen LogP contribution in [0.15, 0.2) is 24.3 Å². The van der Waals surface area contributed by atoms with Gasteiger partial charge >= 0.3 is 0 Å². The second-order valence-corrected chi connectivity index (χ2v) is 7.37. The first-order valence-corrected chi connectivity index (χ1v) is 8.32. The highest BCUT2D eigenvalue weighted by molar-refractivity contribution is 5.25. The molecule has 0 saturated heterocycles. The third-order valence-electron chi connectivity index (χ3n) is 4.70. The van der Waals surface area contributed by atoms with E-state index < -0.39 is 0 Å². The highest BCUT2D eigenvalue weighted by Gasteiger charge is 2.24. The van der Waals surface area contributed by atoms with Crippen LogP contribution in [0.1, 0.15) is 70.4 Å². The van der Waals surface area contributed by atoms with Gasteiger partial charge in [0.1, 0.15) is 0 Å². The van der Waals surface area contributed by atoms with Crippen LogP contribution in [0.3, 0.4) is 0 Å². The van der Waals surface area contributed by atoms with Crippen LogP contribution in [0.4, 0.5) is 0 Å². The van der Waals surface area contributed by atoms with Crippen molar-refractivity contribution in [2.75, 3.05) is 6.54 Å². The molecule has 112 valence electrons. The van der Waals surface area contributed by atoms with Gasteiger partial charge in [0, 0.05) is 12.6 Å². The second kappa shape index (κ2) is 6.76. The Bertz CT molecular complexity index is 400. The van der Waals surface area contributed by atoms with Gasteiger partial charge in [-0.1, -0.05) is 52.0 Å². The predicted molar refractivity (Wildman–Crippen MR) is 88.3 cm³/mol. The molecular formula is C19H31N. The average Bonchev–Trinajstić information content (AvgIpc) is 3.27. The smallest absolute Gasteiger partial charge is 0.00684 e. The van der Waals surface area contributed by atoms with E-state index in [0.717, 1.165) is 12.6 Å². The summed E-state index contributed by atoms with van der Waals surface area (Å²) >= 11 is 0. The van der Waals surface area contributed by atoms with Crippen molar-refractivity contribution in [3.8, 4) is 0 Å². The van der Waals surface area contributed by atoms with Crippen LogP contribution in [-0.2, 0) is 6.42 Å². The molecule has 1 atom stereocenters. The van der Waals surface area contributed by atoms with E-state index in [4.69, 9.17) is 0 Å². The van der Waals surface area contributed by atoms with Crippen molar-refractivity contribution in [2.24, 2.45) is 5.41 Å². The Morgan fingerprint density at radius 3 is 2.40 bits per heavy atom. The molecule has 2 rings (SSSR count). The average molecular weight is 273 g/mol. The molecule has 0 amide bonds. The normalized spacial score (nSPS) is 17.2. The molecular weight excluding hydrogens is 242 g/mol. The number of aryl methyl sites for hydroxylation is 1. The van der Waals surface area contributed by atoms with E-state index in [9.17, 15) is 0 Å². The summed E-state index contributed by atoms with van der Waals surface area (Å²) in [4.78, 5) is 0. The van der Waals surface area contributed by atoms with Gasteiger partial charge < -0.3 is 5.32 Å². The van der Waals surface area contributed by atoms with Crippen LogP contribution in [-0.4, -0.2) is 12.6 Å². The van der Waals surface area contributed by atoms with Crippen molar-refractivity contribution in [3.63, 3.8) is 0 Å². The molecule has 1 aliphatic rings. The minimum Gasteiger partial charge on any atom is -0.313 e. The molecule has 1 saturated carbocycles. The van der Waals surface area contributed by atoms with Crippen LogP contribution in [0, 0.1) is 5.41 Å². The first-order valence-electron chi connectivity index (χ1n) is 8.32. The molecule has 1 N–H and O–H groups in total. The molecule has 0 heterocycles. The third kappa shape index (κ3) is 4.94. The van der Waals surface area contributed by atoms with Gasteiger partial charge in [0.25, 0.3) is 0 Å². The predicted octanol–water partition coefficient (Wildman–Crippen LogP) is 4.91. The van der Waals surface area contributed by atoms with Crippen molar-refractivity contribution in [3.05, 3.63) is 35.4 Å². The second-order valence-electron chi connectivity index (χ2n) is 7.37. The quantitative estimate of drug-likeness (QED) is 0.709. The fraction of sp³-hybridized carbons (Fsp3) is 0.684. The van der Waals surface area contributed by atoms with E-state index in [1.165, 1.54) is 43.2 Å². The summed E-state index contributed by atoms with van der Waals surface area (Å²) in [6, 6.07) is 10.1. The molecule has 1 aromatic carbocycles. The van der Waals surface area contributed by atoms with Gasteiger partial charge in [-0.05, 0) is 54.6 Å². The van der Waals surface area contributed by atoms with Crippen molar-refractivity contribution >= 4 is 0 Å². The molecule has 0 aromatic heterocycles. The Labute approximate surface area is 125 Å². The van der Waals surface area contributed by atoms with Crippen LogP contribution in [0.5, 0.6) is 0 Å². The van der Waals surface area contributed by atoms with Crippen molar-refractivity contribution in [1.29, 1.82) is 0 Å². The minimum absolute atomic E-state index is 0.401. The lowest BCUT2D eigenvalue weighted by atomic mass is 9.85. The van der Waals surface area contributed by atoms with Crippen molar-refractivity contribution in [1.82, 2.24) is 5.32 Å². The summed E-state index contributed by atoms with van der Waals surface area (Å²) < 4.78 is 0.